The molecule has 0 saturated carbocycles. The smallest absolute Gasteiger partial charge is 0.407 e. The van der Waals surface area contributed by atoms with Gasteiger partial charge < -0.3 is 10.1 Å². The number of hydrogen-bond acceptors (Lipinski definition) is 2. The molecule has 0 saturated heterocycles. The second-order valence-corrected chi connectivity index (χ2v) is 5.25. The second kappa shape index (κ2) is 8.41. The van der Waals surface area contributed by atoms with Crippen LogP contribution in [-0.4, -0.2) is 12.1 Å². The molecule has 1 rings (SSSR count). The summed E-state index contributed by atoms with van der Waals surface area (Å²) in [5.74, 6) is 0. The highest BCUT2D eigenvalue weighted by Gasteiger charge is 2.08. The minimum absolute atomic E-state index is 0.101. The van der Waals surface area contributed by atoms with Crippen LogP contribution in [0.4, 0.5) is 4.79 Å². The monoisotopic (exact) mass is 275 g/mol. The molecule has 1 N–H and O–H groups in total. The first-order chi connectivity index (χ1) is 9.51. The zero-order chi connectivity index (χ0) is 15.0. The fraction of sp³-hybridized carbons (Fsp3) is 0.471. The lowest BCUT2D eigenvalue weighted by molar-refractivity contribution is 0.136. The summed E-state index contributed by atoms with van der Waals surface area (Å²) in [4.78, 5) is 11.7. The van der Waals surface area contributed by atoms with Crippen molar-refractivity contribution in [2.24, 2.45) is 0 Å². The third kappa shape index (κ3) is 6.41. The molecule has 3 nitrogen and oxygen atoms in total. The molecule has 0 spiro atoms. The average Bonchev–Trinajstić information content (AvgIpc) is 2.44. The molecule has 1 atom stereocenters. The first kappa shape index (κ1) is 16.3. The Bertz CT molecular complexity index is 437. The zero-order valence-electron chi connectivity index (χ0n) is 12.7. The van der Waals surface area contributed by atoms with Gasteiger partial charge in [0.05, 0.1) is 0 Å². The molecule has 1 unspecified atom stereocenters. The molecule has 110 valence electrons. The largest absolute Gasteiger partial charge is 0.445 e. The van der Waals surface area contributed by atoms with E-state index in [1.54, 1.807) is 0 Å². The van der Waals surface area contributed by atoms with Crippen LogP contribution in [0.15, 0.2) is 36.4 Å². The van der Waals surface area contributed by atoms with Gasteiger partial charge in [0, 0.05) is 6.04 Å². The van der Waals surface area contributed by atoms with Crippen LogP contribution in [0.3, 0.4) is 0 Å². The van der Waals surface area contributed by atoms with Crippen molar-refractivity contribution in [3.05, 3.63) is 47.5 Å². The Kier molecular flexibility index (Phi) is 6.85. The summed E-state index contributed by atoms with van der Waals surface area (Å²) in [5, 5.41) is 2.84. The van der Waals surface area contributed by atoms with E-state index in [4.69, 9.17) is 4.74 Å². The molecular formula is C17H25NO2. The Morgan fingerprint density at radius 2 is 2.00 bits per heavy atom. The third-order valence-corrected chi connectivity index (χ3v) is 3.29. The molecule has 3 heteroatoms. The highest BCUT2D eigenvalue weighted by atomic mass is 16.5. The van der Waals surface area contributed by atoms with Gasteiger partial charge in [0.2, 0.25) is 0 Å². The van der Waals surface area contributed by atoms with Crippen molar-refractivity contribution in [2.75, 3.05) is 0 Å². The van der Waals surface area contributed by atoms with Gasteiger partial charge in [0.15, 0.2) is 0 Å². The van der Waals surface area contributed by atoms with Crippen LogP contribution in [0.1, 0.15) is 44.2 Å². The van der Waals surface area contributed by atoms with E-state index in [1.165, 1.54) is 11.1 Å². The third-order valence-electron chi connectivity index (χ3n) is 3.29. The molecule has 1 aromatic carbocycles. The van der Waals surface area contributed by atoms with Crippen molar-refractivity contribution in [2.45, 2.75) is 52.7 Å². The van der Waals surface area contributed by atoms with Crippen LogP contribution in [-0.2, 0) is 11.3 Å². The molecule has 0 aliphatic carbocycles. The number of benzene rings is 1. The van der Waals surface area contributed by atoms with Gasteiger partial charge in [-0.3, -0.25) is 0 Å². The molecule has 0 aliphatic rings. The Morgan fingerprint density at radius 3 is 2.60 bits per heavy atom. The topological polar surface area (TPSA) is 38.3 Å². The fourth-order valence-corrected chi connectivity index (χ4v) is 1.75. The molecule has 1 aromatic rings. The van der Waals surface area contributed by atoms with Crippen LogP contribution >= 0.6 is 0 Å². The number of carbonyl (C=O) groups is 1. The van der Waals surface area contributed by atoms with Gasteiger partial charge >= 0.3 is 6.09 Å². The molecule has 0 fully saturated rings. The van der Waals surface area contributed by atoms with Crippen molar-refractivity contribution in [1.82, 2.24) is 5.32 Å². The molecule has 20 heavy (non-hydrogen) atoms. The van der Waals surface area contributed by atoms with Gasteiger partial charge in [-0.15, -0.1) is 0 Å². The van der Waals surface area contributed by atoms with Crippen molar-refractivity contribution in [3.8, 4) is 0 Å². The molecule has 0 aromatic heterocycles. The summed E-state index contributed by atoms with van der Waals surface area (Å²) in [5.41, 5.74) is 3.41. The van der Waals surface area contributed by atoms with Gasteiger partial charge in [-0.25, -0.2) is 4.79 Å². The van der Waals surface area contributed by atoms with E-state index < -0.39 is 0 Å². The molecule has 0 heterocycles. The molecule has 0 bridgehead atoms. The van der Waals surface area contributed by atoms with E-state index >= 15 is 0 Å². The minimum atomic E-state index is -0.361. The quantitative estimate of drug-likeness (QED) is 0.751. The summed E-state index contributed by atoms with van der Waals surface area (Å²) in [6, 6.07) is 8.06. The number of alkyl carbamates (subject to hydrolysis) is 1. The molecular weight excluding hydrogens is 250 g/mol. The number of aryl methyl sites for hydroxylation is 1. The number of hydrogen-bond donors (Lipinski definition) is 1. The van der Waals surface area contributed by atoms with Crippen molar-refractivity contribution in [1.29, 1.82) is 0 Å². The number of nitrogens with one attached hydrogen (secondary N) is 1. The maximum Gasteiger partial charge on any atom is 0.407 e. The van der Waals surface area contributed by atoms with E-state index in [9.17, 15) is 4.79 Å². The van der Waals surface area contributed by atoms with Gasteiger partial charge in [-0.05, 0) is 38.7 Å². The highest BCUT2D eigenvalue weighted by Crippen LogP contribution is 2.09. The molecule has 0 aliphatic heterocycles. The first-order valence-corrected chi connectivity index (χ1v) is 7.16. The van der Waals surface area contributed by atoms with Crippen molar-refractivity contribution in [3.63, 3.8) is 0 Å². The van der Waals surface area contributed by atoms with Crippen LogP contribution in [0, 0.1) is 6.92 Å². The molecule has 0 radical (unpaired) electrons. The minimum Gasteiger partial charge on any atom is -0.445 e. The predicted octanol–water partition coefficient (Wildman–Crippen LogP) is 4.36. The van der Waals surface area contributed by atoms with Crippen LogP contribution < -0.4 is 5.32 Å². The maximum atomic E-state index is 11.7. The average molecular weight is 275 g/mol. The zero-order valence-corrected chi connectivity index (χ0v) is 12.7. The lowest BCUT2D eigenvalue weighted by Crippen LogP contribution is -2.32. The normalized spacial score (nSPS) is 11.8. The van der Waals surface area contributed by atoms with Crippen LogP contribution in [0.5, 0.6) is 0 Å². The van der Waals surface area contributed by atoms with E-state index in [-0.39, 0.29) is 12.1 Å². The lowest BCUT2D eigenvalue weighted by atomic mass is 10.1. The Labute approximate surface area is 122 Å². The predicted molar refractivity (Wildman–Crippen MR) is 82.6 cm³/mol. The van der Waals surface area contributed by atoms with Gasteiger partial charge in [0.1, 0.15) is 6.61 Å². The van der Waals surface area contributed by atoms with E-state index in [0.29, 0.717) is 6.61 Å². The number of amides is 1. The maximum absolute atomic E-state index is 11.7. The van der Waals surface area contributed by atoms with E-state index in [2.05, 4.69) is 18.8 Å². The Morgan fingerprint density at radius 1 is 1.35 bits per heavy atom. The number of allylic oxidation sites excluding steroid dienone is 1. The highest BCUT2D eigenvalue weighted by molar-refractivity contribution is 5.67. The Hall–Kier alpha value is -1.77. The standard InChI is InChI=1S/C17H25NO2/c1-5-13(2)6-9-15(4)18-17(19)20-12-16-10-7-14(3)8-11-16/h7-8,10-11,15H,2,5-6,9,12H2,1,3-4H3,(H,18,19). The Balaban J connectivity index is 2.25. The first-order valence-electron chi connectivity index (χ1n) is 7.16. The van der Waals surface area contributed by atoms with Crippen molar-refractivity contribution >= 4 is 6.09 Å². The van der Waals surface area contributed by atoms with E-state index in [0.717, 1.165) is 24.8 Å². The van der Waals surface area contributed by atoms with Crippen molar-refractivity contribution < 1.29 is 9.53 Å². The molecule has 1 amide bonds. The second-order valence-electron chi connectivity index (χ2n) is 5.25. The summed E-state index contributed by atoms with van der Waals surface area (Å²) in [6.45, 7) is 10.4. The number of rotatable bonds is 7. The summed E-state index contributed by atoms with van der Waals surface area (Å²) in [7, 11) is 0. The summed E-state index contributed by atoms with van der Waals surface area (Å²) in [6.07, 6.45) is 2.47. The van der Waals surface area contributed by atoms with Crippen LogP contribution in [0.25, 0.3) is 0 Å². The van der Waals surface area contributed by atoms with Gasteiger partial charge in [0.25, 0.3) is 0 Å². The SMILES string of the molecule is C=C(CC)CCC(C)NC(=O)OCc1ccc(C)cc1. The number of ether oxygens (including phenoxy) is 1. The lowest BCUT2D eigenvalue weighted by Gasteiger charge is -2.14. The summed E-state index contributed by atoms with van der Waals surface area (Å²) < 4.78 is 5.20. The van der Waals surface area contributed by atoms with Gasteiger partial charge in [-0.1, -0.05) is 48.9 Å². The van der Waals surface area contributed by atoms with Crippen LogP contribution in [0.2, 0.25) is 0 Å². The summed E-state index contributed by atoms with van der Waals surface area (Å²) >= 11 is 0. The van der Waals surface area contributed by atoms with E-state index in [1.807, 2.05) is 38.1 Å². The number of carbonyl (C=O) groups excluding carboxylic acids is 1. The van der Waals surface area contributed by atoms with Gasteiger partial charge in [-0.2, -0.15) is 0 Å². The fourth-order valence-electron chi connectivity index (χ4n) is 1.75.